The van der Waals surface area contributed by atoms with Crippen molar-refractivity contribution in [3.63, 3.8) is 0 Å². The van der Waals surface area contributed by atoms with Crippen LogP contribution in [0.5, 0.6) is 0 Å². The molecule has 0 spiro atoms. The molecule has 1 aromatic heterocycles. The van der Waals surface area contributed by atoms with E-state index in [2.05, 4.69) is 26.3 Å². The summed E-state index contributed by atoms with van der Waals surface area (Å²) in [5, 5.41) is 7.36. The maximum atomic E-state index is 13.9. The van der Waals surface area contributed by atoms with E-state index in [1.165, 1.54) is 6.07 Å². The molecule has 0 radical (unpaired) electrons. The lowest BCUT2D eigenvalue weighted by Crippen LogP contribution is -2.05. The summed E-state index contributed by atoms with van der Waals surface area (Å²) >= 11 is 3.25. The zero-order chi connectivity index (χ0) is 12.4. The van der Waals surface area contributed by atoms with Gasteiger partial charge in [-0.05, 0) is 25.2 Å². The summed E-state index contributed by atoms with van der Waals surface area (Å²) in [5.74, 6) is -0.268. The van der Waals surface area contributed by atoms with Crippen LogP contribution in [-0.2, 0) is 13.6 Å². The van der Waals surface area contributed by atoms with Gasteiger partial charge in [-0.1, -0.05) is 15.9 Å². The highest BCUT2D eigenvalue weighted by atomic mass is 79.9. The minimum absolute atomic E-state index is 0.268. The molecule has 2 rings (SSSR count). The molecule has 0 bridgehead atoms. The van der Waals surface area contributed by atoms with Crippen molar-refractivity contribution in [2.24, 2.45) is 7.05 Å². The summed E-state index contributed by atoms with van der Waals surface area (Å²) in [4.78, 5) is 0. The van der Waals surface area contributed by atoms with E-state index in [-0.39, 0.29) is 5.82 Å². The predicted molar refractivity (Wildman–Crippen MR) is 69.1 cm³/mol. The predicted octanol–water partition coefficient (Wildman–Crippen LogP) is 2.71. The Morgan fingerprint density at radius 1 is 1.47 bits per heavy atom. The molecule has 0 aliphatic rings. The third-order valence-corrected chi connectivity index (χ3v) is 2.95. The fraction of sp³-hybridized carbons (Fsp3) is 0.250. The highest BCUT2D eigenvalue weighted by Crippen LogP contribution is 2.26. The lowest BCUT2D eigenvalue weighted by Gasteiger charge is -2.03. The molecule has 0 fully saturated rings. The summed E-state index contributed by atoms with van der Waals surface area (Å²) in [6.07, 6.45) is 1.90. The first kappa shape index (κ1) is 12.3. The first-order chi connectivity index (χ1) is 8.11. The van der Waals surface area contributed by atoms with Crippen LogP contribution >= 0.6 is 15.9 Å². The van der Waals surface area contributed by atoms with Gasteiger partial charge >= 0.3 is 0 Å². The lowest BCUT2D eigenvalue weighted by atomic mass is 10.1. The van der Waals surface area contributed by atoms with Crippen molar-refractivity contribution in [1.29, 1.82) is 0 Å². The quantitative estimate of drug-likeness (QED) is 0.944. The fourth-order valence-electron chi connectivity index (χ4n) is 1.77. The van der Waals surface area contributed by atoms with Crippen molar-refractivity contribution in [3.8, 4) is 11.3 Å². The molecular weight excluding hydrogens is 285 g/mol. The molecule has 0 unspecified atom stereocenters. The first-order valence-corrected chi connectivity index (χ1v) is 6.03. The summed E-state index contributed by atoms with van der Waals surface area (Å²) in [6.45, 7) is 0.665. The van der Waals surface area contributed by atoms with Gasteiger partial charge in [0.15, 0.2) is 0 Å². The van der Waals surface area contributed by atoms with Gasteiger partial charge in [-0.3, -0.25) is 4.68 Å². The van der Waals surface area contributed by atoms with E-state index in [9.17, 15) is 4.39 Å². The molecule has 5 heteroatoms. The van der Waals surface area contributed by atoms with Gasteiger partial charge in [0.1, 0.15) is 5.82 Å². The minimum atomic E-state index is -0.268. The zero-order valence-corrected chi connectivity index (χ0v) is 11.3. The summed E-state index contributed by atoms with van der Waals surface area (Å²) in [5.41, 5.74) is 2.20. The van der Waals surface area contributed by atoms with Crippen LogP contribution in [0.3, 0.4) is 0 Å². The van der Waals surface area contributed by atoms with Gasteiger partial charge in [0.25, 0.3) is 0 Å². The summed E-state index contributed by atoms with van der Waals surface area (Å²) in [6, 6.07) is 5.00. The first-order valence-electron chi connectivity index (χ1n) is 5.24. The van der Waals surface area contributed by atoms with Crippen molar-refractivity contribution in [1.82, 2.24) is 15.1 Å². The maximum absolute atomic E-state index is 13.9. The number of hydrogen-bond donors (Lipinski definition) is 1. The van der Waals surface area contributed by atoms with Crippen molar-refractivity contribution in [2.75, 3.05) is 7.05 Å². The molecule has 1 N–H and O–H groups in total. The van der Waals surface area contributed by atoms with Crippen molar-refractivity contribution < 1.29 is 4.39 Å². The Balaban J connectivity index is 2.51. The van der Waals surface area contributed by atoms with Gasteiger partial charge < -0.3 is 5.32 Å². The van der Waals surface area contributed by atoms with E-state index < -0.39 is 0 Å². The molecule has 17 heavy (non-hydrogen) atoms. The molecule has 0 saturated heterocycles. The number of nitrogens with zero attached hydrogens (tertiary/aromatic N) is 2. The smallest absolute Gasteiger partial charge is 0.133 e. The second kappa shape index (κ2) is 4.98. The molecule has 90 valence electrons. The van der Waals surface area contributed by atoms with Crippen LogP contribution in [0.25, 0.3) is 11.3 Å². The highest BCUT2D eigenvalue weighted by molar-refractivity contribution is 9.10. The van der Waals surface area contributed by atoms with Gasteiger partial charge in [-0.25, -0.2) is 4.39 Å². The van der Waals surface area contributed by atoms with E-state index >= 15 is 0 Å². The van der Waals surface area contributed by atoms with Gasteiger partial charge in [-0.2, -0.15) is 5.10 Å². The third-order valence-electron chi connectivity index (χ3n) is 2.46. The molecule has 0 saturated carbocycles. The highest BCUT2D eigenvalue weighted by Gasteiger charge is 2.13. The van der Waals surface area contributed by atoms with Gasteiger partial charge in [-0.15, -0.1) is 0 Å². The van der Waals surface area contributed by atoms with Crippen LogP contribution in [0.15, 0.2) is 28.9 Å². The number of nitrogens with one attached hydrogen (secondary N) is 1. The Labute approximate surface area is 108 Å². The lowest BCUT2D eigenvalue weighted by molar-refractivity contribution is 0.628. The number of aromatic nitrogens is 2. The van der Waals surface area contributed by atoms with Gasteiger partial charge in [0.05, 0.1) is 5.69 Å². The van der Waals surface area contributed by atoms with Crippen LogP contribution in [0.1, 0.15) is 5.56 Å². The Hall–Kier alpha value is -1.20. The van der Waals surface area contributed by atoms with E-state index in [4.69, 9.17) is 0 Å². The normalized spacial score (nSPS) is 10.8. The van der Waals surface area contributed by atoms with Crippen LogP contribution in [0, 0.1) is 5.82 Å². The molecule has 1 heterocycles. The standard InChI is InChI=1S/C12H13BrFN3/c1-15-6-8-7-17(2)16-12(8)10-4-3-9(13)5-11(10)14/h3-5,7,15H,6H2,1-2H3. The van der Waals surface area contributed by atoms with Crippen LogP contribution in [-0.4, -0.2) is 16.8 Å². The Bertz CT molecular complexity index is 537. The molecular formula is C12H13BrFN3. The molecule has 1 aromatic carbocycles. The largest absolute Gasteiger partial charge is 0.316 e. The molecule has 3 nitrogen and oxygen atoms in total. The van der Waals surface area contributed by atoms with Gasteiger partial charge in [0.2, 0.25) is 0 Å². The summed E-state index contributed by atoms with van der Waals surface area (Å²) in [7, 11) is 3.69. The SMILES string of the molecule is CNCc1cn(C)nc1-c1ccc(Br)cc1F. The Kier molecular flexibility index (Phi) is 3.59. The molecule has 0 aliphatic carbocycles. The second-order valence-corrected chi connectivity index (χ2v) is 4.75. The second-order valence-electron chi connectivity index (χ2n) is 3.83. The van der Waals surface area contributed by atoms with E-state index in [0.717, 1.165) is 10.0 Å². The Morgan fingerprint density at radius 3 is 2.88 bits per heavy atom. The van der Waals surface area contributed by atoms with E-state index in [1.54, 1.807) is 10.7 Å². The van der Waals surface area contributed by atoms with Crippen molar-refractivity contribution >= 4 is 15.9 Å². The Morgan fingerprint density at radius 2 is 2.24 bits per heavy atom. The monoisotopic (exact) mass is 297 g/mol. The van der Waals surface area contributed by atoms with Crippen molar-refractivity contribution in [2.45, 2.75) is 6.54 Å². The topological polar surface area (TPSA) is 29.9 Å². The summed E-state index contributed by atoms with van der Waals surface area (Å²) < 4.78 is 16.3. The number of halogens is 2. The molecule has 0 aliphatic heterocycles. The van der Waals surface area contributed by atoms with Gasteiger partial charge in [0, 0.05) is 35.4 Å². The number of aryl methyl sites for hydroxylation is 1. The fourth-order valence-corrected chi connectivity index (χ4v) is 2.10. The number of hydrogen-bond acceptors (Lipinski definition) is 2. The average molecular weight is 298 g/mol. The minimum Gasteiger partial charge on any atom is -0.316 e. The van der Waals surface area contributed by atoms with Crippen LogP contribution < -0.4 is 5.32 Å². The number of rotatable bonds is 3. The van der Waals surface area contributed by atoms with Crippen LogP contribution in [0.4, 0.5) is 4.39 Å². The molecule has 2 aromatic rings. The van der Waals surface area contributed by atoms with Crippen molar-refractivity contribution in [3.05, 3.63) is 40.2 Å². The van der Waals surface area contributed by atoms with E-state index in [1.807, 2.05) is 26.4 Å². The zero-order valence-electron chi connectivity index (χ0n) is 9.67. The third kappa shape index (κ3) is 2.56. The van der Waals surface area contributed by atoms with E-state index in [0.29, 0.717) is 17.8 Å². The maximum Gasteiger partial charge on any atom is 0.133 e. The number of benzene rings is 1. The molecule has 0 amide bonds. The van der Waals surface area contributed by atoms with Crippen LogP contribution in [0.2, 0.25) is 0 Å². The molecule has 0 atom stereocenters. The average Bonchev–Trinajstić information content (AvgIpc) is 2.60.